The minimum atomic E-state index is -0.352. The predicted molar refractivity (Wildman–Crippen MR) is 114 cm³/mol. The van der Waals surface area contributed by atoms with Crippen LogP contribution in [0.25, 0.3) is 0 Å². The van der Waals surface area contributed by atoms with E-state index in [9.17, 15) is 9.59 Å². The van der Waals surface area contributed by atoms with Gasteiger partial charge in [-0.3, -0.25) is 4.79 Å². The Morgan fingerprint density at radius 3 is 2.07 bits per heavy atom. The number of rotatable bonds is 7. The molecular formula is C24H30N2O3. The number of carbonyl (C=O) groups excluding carboxylic acids is 2. The highest BCUT2D eigenvalue weighted by molar-refractivity contribution is 5.87. The first-order valence-corrected chi connectivity index (χ1v) is 10.5. The van der Waals surface area contributed by atoms with Crippen LogP contribution in [0.5, 0.6) is 0 Å². The predicted octanol–water partition coefficient (Wildman–Crippen LogP) is 4.34. The molecule has 0 radical (unpaired) electrons. The van der Waals surface area contributed by atoms with E-state index in [0.717, 1.165) is 36.8 Å². The van der Waals surface area contributed by atoms with E-state index in [1.165, 1.54) is 0 Å². The van der Waals surface area contributed by atoms with Crippen molar-refractivity contribution in [3.05, 3.63) is 71.8 Å². The number of unbranched alkanes of at least 4 members (excludes halogenated alkanes) is 1. The molecule has 2 aromatic rings. The van der Waals surface area contributed by atoms with Crippen LogP contribution in [0.3, 0.4) is 0 Å². The van der Waals surface area contributed by atoms with Crippen LogP contribution in [0.15, 0.2) is 60.7 Å². The summed E-state index contributed by atoms with van der Waals surface area (Å²) in [6.07, 6.45) is 3.00. The van der Waals surface area contributed by atoms with E-state index in [-0.39, 0.29) is 24.0 Å². The Kier molecular flexibility index (Phi) is 7.68. The van der Waals surface area contributed by atoms with Gasteiger partial charge in [0.2, 0.25) is 5.91 Å². The van der Waals surface area contributed by atoms with Crippen molar-refractivity contribution >= 4 is 12.0 Å². The molecule has 1 heterocycles. The third-order valence-corrected chi connectivity index (χ3v) is 5.37. The van der Waals surface area contributed by atoms with Crippen molar-refractivity contribution in [2.45, 2.75) is 44.6 Å². The second-order valence-electron chi connectivity index (χ2n) is 7.49. The van der Waals surface area contributed by atoms with Gasteiger partial charge in [-0.2, -0.15) is 0 Å². The van der Waals surface area contributed by atoms with E-state index in [2.05, 4.69) is 12.2 Å². The van der Waals surface area contributed by atoms with Gasteiger partial charge in [0, 0.05) is 19.1 Å². The second kappa shape index (κ2) is 10.6. The first-order chi connectivity index (χ1) is 14.2. The van der Waals surface area contributed by atoms with Gasteiger partial charge in [-0.15, -0.1) is 0 Å². The fraction of sp³-hybridized carbons (Fsp3) is 0.417. The molecule has 29 heavy (non-hydrogen) atoms. The average Bonchev–Trinajstić information content (AvgIpc) is 2.76. The number of alkyl carbamates (subject to hydrolysis) is 1. The lowest BCUT2D eigenvalue weighted by molar-refractivity contribution is -0.132. The van der Waals surface area contributed by atoms with E-state index in [1.54, 1.807) is 0 Å². The molecule has 3 rings (SSSR count). The van der Waals surface area contributed by atoms with Crippen molar-refractivity contribution in [1.82, 2.24) is 10.2 Å². The monoisotopic (exact) mass is 394 g/mol. The van der Waals surface area contributed by atoms with Gasteiger partial charge in [0.1, 0.15) is 0 Å². The van der Waals surface area contributed by atoms with Gasteiger partial charge >= 0.3 is 6.09 Å². The minimum absolute atomic E-state index is 0.0556. The van der Waals surface area contributed by atoms with E-state index >= 15 is 0 Å². The Hall–Kier alpha value is -2.82. The standard InChI is InChI=1S/C24H30N2O3/c1-2-3-18-29-24(28)25-21-14-16-26(17-15-21)23(27)22(19-10-6-4-7-11-19)20-12-8-5-9-13-20/h4-13,21-22H,2-3,14-18H2,1H3,(H,25,28). The van der Waals surface area contributed by atoms with Crippen LogP contribution in [0.4, 0.5) is 4.79 Å². The zero-order chi connectivity index (χ0) is 20.5. The van der Waals surface area contributed by atoms with Crippen molar-refractivity contribution < 1.29 is 14.3 Å². The van der Waals surface area contributed by atoms with Crippen LogP contribution in [-0.4, -0.2) is 42.6 Å². The largest absolute Gasteiger partial charge is 0.450 e. The highest BCUT2D eigenvalue weighted by atomic mass is 16.5. The number of ether oxygens (including phenoxy) is 1. The summed E-state index contributed by atoms with van der Waals surface area (Å²) in [4.78, 5) is 27.2. The molecule has 1 fully saturated rings. The van der Waals surface area contributed by atoms with Gasteiger partial charge in [0.15, 0.2) is 0 Å². The molecule has 154 valence electrons. The Bertz CT molecular complexity index is 732. The summed E-state index contributed by atoms with van der Waals surface area (Å²) >= 11 is 0. The van der Waals surface area contributed by atoms with Gasteiger partial charge in [-0.25, -0.2) is 4.79 Å². The summed E-state index contributed by atoms with van der Waals surface area (Å²) in [5.74, 6) is -0.188. The Morgan fingerprint density at radius 1 is 1.00 bits per heavy atom. The normalized spacial score (nSPS) is 14.6. The van der Waals surface area contributed by atoms with E-state index in [0.29, 0.717) is 19.7 Å². The summed E-state index contributed by atoms with van der Waals surface area (Å²) in [6, 6.07) is 19.9. The SMILES string of the molecule is CCCCOC(=O)NC1CCN(C(=O)C(c2ccccc2)c2ccccc2)CC1. The Balaban J connectivity index is 1.61. The molecule has 0 unspecified atom stereocenters. The van der Waals surface area contributed by atoms with Crippen molar-refractivity contribution in [2.75, 3.05) is 19.7 Å². The first-order valence-electron chi connectivity index (χ1n) is 10.5. The molecule has 0 aliphatic carbocycles. The summed E-state index contributed by atoms with van der Waals surface area (Å²) in [5.41, 5.74) is 2.01. The third-order valence-electron chi connectivity index (χ3n) is 5.37. The number of carbonyl (C=O) groups is 2. The number of hydrogen-bond donors (Lipinski definition) is 1. The zero-order valence-corrected chi connectivity index (χ0v) is 17.0. The molecule has 5 heteroatoms. The summed E-state index contributed by atoms with van der Waals surface area (Å²) < 4.78 is 5.18. The number of benzene rings is 2. The van der Waals surface area contributed by atoms with Gasteiger partial charge in [0.05, 0.1) is 12.5 Å². The van der Waals surface area contributed by atoms with Crippen LogP contribution < -0.4 is 5.32 Å². The fourth-order valence-corrected chi connectivity index (χ4v) is 3.71. The number of likely N-dealkylation sites (tertiary alicyclic amines) is 1. The Morgan fingerprint density at radius 2 is 1.55 bits per heavy atom. The molecule has 0 aromatic heterocycles. The smallest absolute Gasteiger partial charge is 0.407 e. The summed E-state index contributed by atoms with van der Waals surface area (Å²) in [5, 5.41) is 2.93. The molecule has 2 aromatic carbocycles. The van der Waals surface area contributed by atoms with Crippen LogP contribution in [0.2, 0.25) is 0 Å². The van der Waals surface area contributed by atoms with Gasteiger partial charge < -0.3 is 15.0 Å². The van der Waals surface area contributed by atoms with Crippen LogP contribution in [-0.2, 0) is 9.53 Å². The molecule has 0 spiro atoms. The van der Waals surface area contributed by atoms with Crippen molar-refractivity contribution in [1.29, 1.82) is 0 Å². The van der Waals surface area contributed by atoms with Gasteiger partial charge in [0.25, 0.3) is 0 Å². The van der Waals surface area contributed by atoms with Gasteiger partial charge in [-0.1, -0.05) is 74.0 Å². The Labute approximate surface area is 173 Å². The average molecular weight is 395 g/mol. The number of amides is 2. The second-order valence-corrected chi connectivity index (χ2v) is 7.49. The van der Waals surface area contributed by atoms with Crippen LogP contribution >= 0.6 is 0 Å². The maximum Gasteiger partial charge on any atom is 0.407 e. The molecule has 1 aliphatic heterocycles. The zero-order valence-electron chi connectivity index (χ0n) is 17.0. The quantitative estimate of drug-likeness (QED) is 0.711. The number of piperidine rings is 1. The molecule has 0 bridgehead atoms. The number of nitrogens with zero attached hydrogens (tertiary/aromatic N) is 1. The lowest BCUT2D eigenvalue weighted by Gasteiger charge is -2.34. The van der Waals surface area contributed by atoms with E-state index < -0.39 is 0 Å². The summed E-state index contributed by atoms with van der Waals surface area (Å²) in [7, 11) is 0. The van der Waals surface area contributed by atoms with Gasteiger partial charge in [-0.05, 0) is 30.4 Å². The van der Waals surface area contributed by atoms with Crippen molar-refractivity contribution in [2.24, 2.45) is 0 Å². The third kappa shape index (κ3) is 5.83. The number of hydrogen-bond acceptors (Lipinski definition) is 3. The van der Waals surface area contributed by atoms with Crippen molar-refractivity contribution in [3.8, 4) is 0 Å². The lowest BCUT2D eigenvalue weighted by Crippen LogP contribution is -2.48. The molecule has 1 saturated heterocycles. The maximum absolute atomic E-state index is 13.4. The highest BCUT2D eigenvalue weighted by Gasteiger charge is 2.30. The molecule has 0 saturated carbocycles. The topological polar surface area (TPSA) is 58.6 Å². The minimum Gasteiger partial charge on any atom is -0.450 e. The summed E-state index contributed by atoms with van der Waals surface area (Å²) in [6.45, 7) is 3.78. The first kappa shape index (κ1) is 20.9. The van der Waals surface area contributed by atoms with Crippen LogP contribution in [0.1, 0.15) is 49.7 Å². The molecule has 5 nitrogen and oxygen atoms in total. The lowest BCUT2D eigenvalue weighted by atomic mass is 9.89. The van der Waals surface area contributed by atoms with E-state index in [4.69, 9.17) is 4.74 Å². The molecule has 2 amide bonds. The maximum atomic E-state index is 13.4. The van der Waals surface area contributed by atoms with Crippen LogP contribution in [0, 0.1) is 0 Å². The fourth-order valence-electron chi connectivity index (χ4n) is 3.71. The number of nitrogens with one attached hydrogen (secondary N) is 1. The van der Waals surface area contributed by atoms with Crippen molar-refractivity contribution in [3.63, 3.8) is 0 Å². The van der Waals surface area contributed by atoms with E-state index in [1.807, 2.05) is 65.6 Å². The molecule has 0 atom stereocenters. The molecule has 1 aliphatic rings. The molecule has 1 N–H and O–H groups in total. The molecular weight excluding hydrogens is 364 g/mol. The highest BCUT2D eigenvalue weighted by Crippen LogP contribution is 2.28.